The molecule has 0 unspecified atom stereocenters. The van der Waals surface area contributed by atoms with Crippen molar-refractivity contribution in [2.45, 2.75) is 39.5 Å². The molecule has 1 aliphatic heterocycles. The number of piperidine rings is 1. The Kier molecular flexibility index (Phi) is 4.71. The first-order valence-corrected chi connectivity index (χ1v) is 8.51. The third kappa shape index (κ3) is 3.85. The van der Waals surface area contributed by atoms with E-state index in [1.165, 1.54) is 0 Å². The van der Waals surface area contributed by atoms with Crippen molar-refractivity contribution in [3.8, 4) is 11.3 Å². The van der Waals surface area contributed by atoms with Crippen molar-refractivity contribution in [1.82, 2.24) is 15.3 Å². The number of hydrogen-bond acceptors (Lipinski definition) is 4. The van der Waals surface area contributed by atoms with Crippen LogP contribution in [0.25, 0.3) is 11.3 Å². The van der Waals surface area contributed by atoms with Gasteiger partial charge < -0.3 is 4.84 Å². The number of aromatic amines is 1. The molecule has 1 aliphatic rings. The van der Waals surface area contributed by atoms with Crippen molar-refractivity contribution in [3.63, 3.8) is 0 Å². The van der Waals surface area contributed by atoms with Gasteiger partial charge in [0.25, 0.3) is 0 Å². The molecular weight excluding hydrogens is 302 g/mol. The smallest absolute Gasteiger partial charge is 0.330 e. The van der Waals surface area contributed by atoms with Gasteiger partial charge in [0, 0.05) is 30.3 Å². The molecule has 128 valence electrons. The number of benzene rings is 1. The highest BCUT2D eigenvalue weighted by atomic mass is 16.7. The van der Waals surface area contributed by atoms with E-state index in [2.05, 4.69) is 28.4 Å². The molecule has 1 aromatic heterocycles. The zero-order valence-electron chi connectivity index (χ0n) is 14.6. The van der Waals surface area contributed by atoms with Crippen molar-refractivity contribution in [2.75, 3.05) is 13.1 Å². The van der Waals surface area contributed by atoms with Crippen LogP contribution in [0, 0.1) is 5.41 Å². The quantitative estimate of drug-likeness (QED) is 0.932. The molecule has 0 saturated carbocycles. The zero-order chi connectivity index (χ0) is 17.2. The summed E-state index contributed by atoms with van der Waals surface area (Å²) in [6, 6.07) is 12.3. The van der Waals surface area contributed by atoms with E-state index in [9.17, 15) is 4.79 Å². The number of H-pyrrole nitrogens is 1. The summed E-state index contributed by atoms with van der Waals surface area (Å²) >= 11 is 0. The molecule has 1 saturated heterocycles. The first kappa shape index (κ1) is 16.7. The molecule has 0 aliphatic carbocycles. The molecule has 0 spiro atoms. The number of carbonyl (C=O) groups is 1. The Morgan fingerprint density at radius 3 is 2.50 bits per heavy atom. The van der Waals surface area contributed by atoms with E-state index in [0.29, 0.717) is 5.92 Å². The molecule has 0 amide bonds. The zero-order valence-corrected chi connectivity index (χ0v) is 14.6. The van der Waals surface area contributed by atoms with Gasteiger partial charge in [-0.15, -0.1) is 5.06 Å². The van der Waals surface area contributed by atoms with Crippen molar-refractivity contribution in [3.05, 3.63) is 42.1 Å². The van der Waals surface area contributed by atoms with Gasteiger partial charge in [0.2, 0.25) is 0 Å². The third-order valence-corrected chi connectivity index (χ3v) is 4.39. The lowest BCUT2D eigenvalue weighted by atomic mass is 9.94. The summed E-state index contributed by atoms with van der Waals surface area (Å²) in [6.07, 6.45) is 1.90. The van der Waals surface area contributed by atoms with Crippen LogP contribution in [0.15, 0.2) is 36.4 Å². The van der Waals surface area contributed by atoms with E-state index in [1.807, 2.05) is 39.0 Å². The Balaban J connectivity index is 1.58. The first-order valence-electron chi connectivity index (χ1n) is 8.51. The lowest BCUT2D eigenvalue weighted by Crippen LogP contribution is -2.38. The molecule has 0 atom stereocenters. The largest absolute Gasteiger partial charge is 0.367 e. The molecular formula is C19H25N3O2. The maximum Gasteiger partial charge on any atom is 0.330 e. The van der Waals surface area contributed by atoms with Crippen molar-refractivity contribution >= 4 is 5.97 Å². The average molecular weight is 327 g/mol. The summed E-state index contributed by atoms with van der Waals surface area (Å²) in [5.74, 6) is 0.258. The van der Waals surface area contributed by atoms with Crippen molar-refractivity contribution in [1.29, 1.82) is 0 Å². The normalized spacial score (nSPS) is 17.0. The van der Waals surface area contributed by atoms with Crippen LogP contribution < -0.4 is 0 Å². The van der Waals surface area contributed by atoms with Crippen LogP contribution in [-0.2, 0) is 9.63 Å². The summed E-state index contributed by atoms with van der Waals surface area (Å²) in [6.45, 7) is 7.13. The number of hydroxylamine groups is 2. The number of aromatic nitrogens is 2. The van der Waals surface area contributed by atoms with Crippen LogP contribution in [0.4, 0.5) is 0 Å². The Hall–Kier alpha value is -2.14. The SMILES string of the molecule is CC(C)(C)C(=O)ON1CCC(c2cc(-c3ccccc3)n[nH]2)CC1. The minimum Gasteiger partial charge on any atom is -0.367 e. The summed E-state index contributed by atoms with van der Waals surface area (Å²) in [7, 11) is 0. The molecule has 5 heteroatoms. The minimum atomic E-state index is -0.467. The molecule has 1 N–H and O–H groups in total. The molecule has 1 fully saturated rings. The van der Waals surface area contributed by atoms with Gasteiger partial charge in [0.05, 0.1) is 11.1 Å². The summed E-state index contributed by atoms with van der Waals surface area (Å²) in [5, 5.41) is 9.41. The lowest BCUT2D eigenvalue weighted by molar-refractivity contribution is -0.204. The van der Waals surface area contributed by atoms with Crippen LogP contribution in [0.3, 0.4) is 0 Å². The number of carbonyl (C=O) groups excluding carboxylic acids is 1. The third-order valence-electron chi connectivity index (χ3n) is 4.39. The minimum absolute atomic E-state index is 0.172. The Morgan fingerprint density at radius 2 is 1.88 bits per heavy atom. The second kappa shape index (κ2) is 6.77. The Labute approximate surface area is 143 Å². The molecule has 1 aromatic carbocycles. The second-order valence-electron chi connectivity index (χ2n) is 7.41. The summed E-state index contributed by atoms with van der Waals surface area (Å²) < 4.78 is 0. The predicted octanol–water partition coefficient (Wildman–Crippen LogP) is 3.76. The molecule has 0 bridgehead atoms. The predicted molar refractivity (Wildman–Crippen MR) is 93.1 cm³/mol. The highest BCUT2D eigenvalue weighted by Crippen LogP contribution is 2.30. The molecule has 3 rings (SSSR count). The van der Waals surface area contributed by atoms with E-state index in [1.54, 1.807) is 5.06 Å². The first-order chi connectivity index (χ1) is 11.4. The maximum atomic E-state index is 12.0. The molecule has 2 heterocycles. The lowest BCUT2D eigenvalue weighted by Gasteiger charge is -2.31. The molecule has 0 radical (unpaired) electrons. The van der Waals surface area contributed by atoms with Gasteiger partial charge in [0.1, 0.15) is 0 Å². The van der Waals surface area contributed by atoms with Gasteiger partial charge in [0.15, 0.2) is 0 Å². The van der Waals surface area contributed by atoms with Gasteiger partial charge in [-0.3, -0.25) is 5.10 Å². The number of nitrogens with zero attached hydrogens (tertiary/aromatic N) is 2. The average Bonchev–Trinajstić information content (AvgIpc) is 3.05. The summed E-state index contributed by atoms with van der Waals surface area (Å²) in [4.78, 5) is 17.4. The topological polar surface area (TPSA) is 58.2 Å². The van der Waals surface area contributed by atoms with Crippen LogP contribution in [-0.4, -0.2) is 34.3 Å². The fourth-order valence-electron chi connectivity index (χ4n) is 2.81. The van der Waals surface area contributed by atoms with E-state index in [4.69, 9.17) is 4.84 Å². The van der Waals surface area contributed by atoms with Gasteiger partial charge in [-0.2, -0.15) is 5.10 Å². The molecule has 5 nitrogen and oxygen atoms in total. The van der Waals surface area contributed by atoms with E-state index in [-0.39, 0.29) is 5.97 Å². The molecule has 2 aromatic rings. The van der Waals surface area contributed by atoms with E-state index >= 15 is 0 Å². The number of hydrogen-bond donors (Lipinski definition) is 1. The Bertz CT molecular complexity index is 680. The van der Waals surface area contributed by atoms with Gasteiger partial charge in [-0.05, 0) is 39.7 Å². The van der Waals surface area contributed by atoms with E-state index < -0.39 is 5.41 Å². The monoisotopic (exact) mass is 327 g/mol. The van der Waals surface area contributed by atoms with E-state index in [0.717, 1.165) is 42.9 Å². The standard InChI is InChI=1S/C19H25N3O2/c1-19(2,3)18(23)24-22-11-9-15(10-12-22)17-13-16(20-21-17)14-7-5-4-6-8-14/h4-8,13,15H,9-12H2,1-3H3,(H,20,21). The second-order valence-corrected chi connectivity index (χ2v) is 7.41. The maximum absolute atomic E-state index is 12.0. The van der Waals surface area contributed by atoms with Crippen LogP contribution >= 0.6 is 0 Å². The van der Waals surface area contributed by atoms with Crippen LogP contribution in [0.1, 0.15) is 45.2 Å². The highest BCUT2D eigenvalue weighted by molar-refractivity contribution is 5.75. The van der Waals surface area contributed by atoms with Gasteiger partial charge in [-0.1, -0.05) is 30.3 Å². The highest BCUT2D eigenvalue weighted by Gasteiger charge is 2.29. The van der Waals surface area contributed by atoms with Gasteiger partial charge >= 0.3 is 5.97 Å². The fourth-order valence-corrected chi connectivity index (χ4v) is 2.81. The van der Waals surface area contributed by atoms with Crippen molar-refractivity contribution in [2.24, 2.45) is 5.41 Å². The van der Waals surface area contributed by atoms with Crippen LogP contribution in [0.2, 0.25) is 0 Å². The van der Waals surface area contributed by atoms with Crippen molar-refractivity contribution < 1.29 is 9.63 Å². The number of nitrogens with one attached hydrogen (secondary N) is 1. The number of rotatable bonds is 3. The molecule has 24 heavy (non-hydrogen) atoms. The summed E-state index contributed by atoms with van der Waals surface area (Å²) in [5.41, 5.74) is 2.80. The van der Waals surface area contributed by atoms with Crippen LogP contribution in [0.5, 0.6) is 0 Å². The fraction of sp³-hybridized carbons (Fsp3) is 0.474. The Morgan fingerprint density at radius 1 is 1.21 bits per heavy atom. The van der Waals surface area contributed by atoms with Gasteiger partial charge in [-0.25, -0.2) is 4.79 Å².